The molecular weight excluding hydrogens is 260 g/mol. The van der Waals surface area contributed by atoms with Crippen molar-refractivity contribution in [2.24, 2.45) is 0 Å². The Morgan fingerprint density at radius 2 is 2.13 bits per heavy atom. The minimum Gasteiger partial charge on any atom is -0.399 e. The second-order valence-electron chi connectivity index (χ2n) is 3.64. The van der Waals surface area contributed by atoms with Gasteiger partial charge >= 0.3 is 0 Å². The number of β-amino-alcohol motifs (C(OH)–C–C–N with tert-alkyl or cyclic N) is 1. The van der Waals surface area contributed by atoms with E-state index in [1.807, 2.05) is 0 Å². The van der Waals surface area contributed by atoms with Crippen LogP contribution in [0.1, 0.15) is 10.4 Å². The van der Waals surface area contributed by atoms with Gasteiger partial charge in [0.15, 0.2) is 0 Å². The van der Waals surface area contributed by atoms with Gasteiger partial charge in [-0.25, -0.2) is 0 Å². The van der Waals surface area contributed by atoms with Crippen LogP contribution in [0.2, 0.25) is 0 Å². The molecule has 0 atom stereocenters. The molecule has 3 N–H and O–H groups in total. The summed E-state index contributed by atoms with van der Waals surface area (Å²) in [4.78, 5) is 13.4. The highest BCUT2D eigenvalue weighted by Crippen LogP contribution is 2.20. The van der Waals surface area contributed by atoms with Crippen molar-refractivity contribution < 1.29 is 9.90 Å². The van der Waals surface area contributed by atoms with Crippen molar-refractivity contribution in [3.8, 4) is 0 Å². The van der Waals surface area contributed by atoms with Gasteiger partial charge in [-0.2, -0.15) is 0 Å². The lowest BCUT2D eigenvalue weighted by molar-refractivity contribution is 0.00589. The third-order valence-corrected chi connectivity index (χ3v) is 2.77. The first-order chi connectivity index (χ1) is 7.06. The Morgan fingerprint density at radius 3 is 2.67 bits per heavy atom. The third kappa shape index (κ3) is 2.13. The van der Waals surface area contributed by atoms with Crippen molar-refractivity contribution in [1.82, 2.24) is 4.90 Å². The SMILES string of the molecule is Nc1cc(Br)cc(C(=O)N2CC(O)C2)c1. The Hall–Kier alpha value is -1.07. The molecule has 15 heavy (non-hydrogen) atoms. The van der Waals surface area contributed by atoms with E-state index in [2.05, 4.69) is 15.9 Å². The molecule has 5 heteroatoms. The highest BCUT2D eigenvalue weighted by molar-refractivity contribution is 9.10. The number of aliphatic hydroxyl groups is 1. The van der Waals surface area contributed by atoms with E-state index >= 15 is 0 Å². The molecule has 1 aliphatic rings. The third-order valence-electron chi connectivity index (χ3n) is 2.32. The van der Waals surface area contributed by atoms with Gasteiger partial charge in [-0.3, -0.25) is 4.79 Å². The van der Waals surface area contributed by atoms with Crippen LogP contribution < -0.4 is 5.73 Å². The number of halogens is 1. The second-order valence-corrected chi connectivity index (χ2v) is 4.55. The molecule has 0 saturated carbocycles. The predicted molar refractivity (Wildman–Crippen MR) is 60.5 cm³/mol. The lowest BCUT2D eigenvalue weighted by atomic mass is 10.1. The first kappa shape index (κ1) is 10.4. The average Bonchev–Trinajstić information content (AvgIpc) is 2.10. The van der Waals surface area contributed by atoms with E-state index in [-0.39, 0.29) is 12.0 Å². The molecule has 1 aliphatic heterocycles. The maximum Gasteiger partial charge on any atom is 0.254 e. The number of likely N-dealkylation sites (tertiary alicyclic amines) is 1. The van der Waals surface area contributed by atoms with Gasteiger partial charge in [-0.15, -0.1) is 0 Å². The summed E-state index contributed by atoms with van der Waals surface area (Å²) in [5.41, 5.74) is 6.73. The quantitative estimate of drug-likeness (QED) is 0.744. The van der Waals surface area contributed by atoms with Crippen molar-refractivity contribution in [1.29, 1.82) is 0 Å². The molecule has 1 fully saturated rings. The summed E-state index contributed by atoms with van der Waals surface area (Å²) in [5, 5.41) is 9.10. The molecule has 2 rings (SSSR count). The van der Waals surface area contributed by atoms with Crippen LogP contribution in [0.15, 0.2) is 22.7 Å². The summed E-state index contributed by atoms with van der Waals surface area (Å²) in [6.07, 6.45) is -0.376. The number of nitrogens with two attached hydrogens (primary N) is 1. The molecule has 1 aromatic rings. The molecule has 0 unspecified atom stereocenters. The van der Waals surface area contributed by atoms with Gasteiger partial charge in [0.05, 0.1) is 6.10 Å². The summed E-state index contributed by atoms with van der Waals surface area (Å²) in [7, 11) is 0. The predicted octanol–water partition coefficient (Wildman–Crippen LogP) is 0.848. The number of anilines is 1. The van der Waals surface area contributed by atoms with Gasteiger partial charge in [0.2, 0.25) is 0 Å². The van der Waals surface area contributed by atoms with Crippen LogP contribution in [0.3, 0.4) is 0 Å². The van der Waals surface area contributed by atoms with E-state index in [0.29, 0.717) is 24.3 Å². The van der Waals surface area contributed by atoms with E-state index < -0.39 is 0 Å². The molecule has 0 aromatic heterocycles. The first-order valence-electron chi connectivity index (χ1n) is 4.59. The molecule has 1 amide bonds. The Kier molecular flexibility index (Phi) is 2.67. The number of carbonyl (C=O) groups is 1. The summed E-state index contributed by atoms with van der Waals surface area (Å²) in [6.45, 7) is 0.816. The zero-order valence-corrected chi connectivity index (χ0v) is 9.57. The number of nitrogen functional groups attached to an aromatic ring is 1. The summed E-state index contributed by atoms with van der Waals surface area (Å²) >= 11 is 3.28. The van der Waals surface area contributed by atoms with Gasteiger partial charge in [0.1, 0.15) is 0 Å². The molecule has 1 aromatic carbocycles. The second kappa shape index (κ2) is 3.83. The van der Waals surface area contributed by atoms with E-state index in [9.17, 15) is 4.79 Å². The highest BCUT2D eigenvalue weighted by atomic mass is 79.9. The average molecular weight is 271 g/mol. The number of rotatable bonds is 1. The first-order valence-corrected chi connectivity index (χ1v) is 5.39. The number of amides is 1. The number of carbonyl (C=O) groups excluding carboxylic acids is 1. The lowest BCUT2D eigenvalue weighted by Crippen LogP contribution is -2.53. The highest BCUT2D eigenvalue weighted by Gasteiger charge is 2.29. The molecule has 0 radical (unpaired) electrons. The molecular formula is C10H11BrN2O2. The maximum absolute atomic E-state index is 11.8. The van der Waals surface area contributed by atoms with Crippen molar-refractivity contribution in [2.75, 3.05) is 18.8 Å². The molecule has 0 spiro atoms. The van der Waals surface area contributed by atoms with Crippen LogP contribution in [-0.2, 0) is 0 Å². The minimum absolute atomic E-state index is 0.0895. The van der Waals surface area contributed by atoms with Crippen LogP contribution in [0.4, 0.5) is 5.69 Å². The topological polar surface area (TPSA) is 66.6 Å². The van der Waals surface area contributed by atoms with Gasteiger partial charge in [0, 0.05) is 28.8 Å². The van der Waals surface area contributed by atoms with Crippen molar-refractivity contribution >= 4 is 27.5 Å². The summed E-state index contributed by atoms with van der Waals surface area (Å²) < 4.78 is 0.784. The Balaban J connectivity index is 2.18. The fraction of sp³-hybridized carbons (Fsp3) is 0.300. The van der Waals surface area contributed by atoms with Crippen LogP contribution in [0.5, 0.6) is 0 Å². The normalized spacial score (nSPS) is 16.3. The Morgan fingerprint density at radius 1 is 1.47 bits per heavy atom. The zero-order valence-electron chi connectivity index (χ0n) is 7.98. The Bertz CT molecular complexity index is 382. The van der Waals surface area contributed by atoms with Crippen molar-refractivity contribution in [3.05, 3.63) is 28.2 Å². The molecule has 0 aliphatic carbocycles. The fourth-order valence-corrected chi connectivity index (χ4v) is 2.05. The number of hydrogen-bond acceptors (Lipinski definition) is 3. The van der Waals surface area contributed by atoms with Gasteiger partial charge in [-0.1, -0.05) is 15.9 Å². The molecule has 4 nitrogen and oxygen atoms in total. The summed E-state index contributed by atoms with van der Waals surface area (Å²) in [6, 6.07) is 5.10. The molecule has 1 heterocycles. The number of nitrogens with zero attached hydrogens (tertiary/aromatic N) is 1. The maximum atomic E-state index is 11.8. The standard InChI is InChI=1S/C10H11BrN2O2/c11-7-1-6(2-8(12)3-7)10(15)13-4-9(14)5-13/h1-3,9,14H,4-5,12H2. The smallest absolute Gasteiger partial charge is 0.254 e. The minimum atomic E-state index is -0.376. The molecule has 0 bridgehead atoms. The molecule has 1 saturated heterocycles. The van der Waals surface area contributed by atoms with Crippen LogP contribution in [0, 0.1) is 0 Å². The monoisotopic (exact) mass is 270 g/mol. The Labute approximate surface area is 95.8 Å². The van der Waals surface area contributed by atoms with E-state index in [1.165, 1.54) is 0 Å². The number of hydrogen-bond donors (Lipinski definition) is 2. The van der Waals surface area contributed by atoms with E-state index in [4.69, 9.17) is 10.8 Å². The molecule has 80 valence electrons. The lowest BCUT2D eigenvalue weighted by Gasteiger charge is -2.35. The number of benzene rings is 1. The number of aliphatic hydroxyl groups excluding tert-OH is 1. The van der Waals surface area contributed by atoms with Gasteiger partial charge in [-0.05, 0) is 18.2 Å². The van der Waals surface area contributed by atoms with Crippen LogP contribution in [-0.4, -0.2) is 35.1 Å². The van der Waals surface area contributed by atoms with Crippen molar-refractivity contribution in [3.63, 3.8) is 0 Å². The van der Waals surface area contributed by atoms with E-state index in [1.54, 1.807) is 23.1 Å². The summed E-state index contributed by atoms with van der Waals surface area (Å²) in [5.74, 6) is -0.0895. The van der Waals surface area contributed by atoms with Crippen LogP contribution in [0.25, 0.3) is 0 Å². The zero-order chi connectivity index (χ0) is 11.0. The largest absolute Gasteiger partial charge is 0.399 e. The van der Waals surface area contributed by atoms with E-state index in [0.717, 1.165) is 4.47 Å². The fourth-order valence-electron chi connectivity index (χ4n) is 1.54. The van der Waals surface area contributed by atoms with Gasteiger partial charge in [0.25, 0.3) is 5.91 Å². The van der Waals surface area contributed by atoms with Gasteiger partial charge < -0.3 is 15.7 Å². The van der Waals surface area contributed by atoms with Crippen LogP contribution >= 0.6 is 15.9 Å². The van der Waals surface area contributed by atoms with Crippen molar-refractivity contribution in [2.45, 2.75) is 6.10 Å².